The molecular formula is C54H48N2. The van der Waals surface area contributed by atoms with E-state index in [1.54, 1.807) is 0 Å². The van der Waals surface area contributed by atoms with Crippen LogP contribution in [0.4, 0.5) is 17.1 Å². The average molecular weight is 725 g/mol. The van der Waals surface area contributed by atoms with E-state index in [0.717, 1.165) is 29.9 Å². The van der Waals surface area contributed by atoms with Crippen molar-refractivity contribution in [1.82, 2.24) is 0 Å². The van der Waals surface area contributed by atoms with Crippen molar-refractivity contribution < 1.29 is 0 Å². The van der Waals surface area contributed by atoms with E-state index >= 15 is 0 Å². The summed E-state index contributed by atoms with van der Waals surface area (Å²) in [5, 5.41) is 0. The molecule has 0 radical (unpaired) electrons. The van der Waals surface area contributed by atoms with E-state index in [-0.39, 0.29) is 0 Å². The van der Waals surface area contributed by atoms with Gasteiger partial charge in [0.1, 0.15) is 0 Å². The second-order valence-electron chi connectivity index (χ2n) is 14.7. The molecule has 7 aromatic carbocycles. The van der Waals surface area contributed by atoms with E-state index in [4.69, 9.17) is 0 Å². The molecule has 0 saturated heterocycles. The molecule has 2 nitrogen and oxygen atoms in total. The lowest BCUT2D eigenvalue weighted by atomic mass is 9.65. The van der Waals surface area contributed by atoms with Gasteiger partial charge in [-0.25, -0.2) is 0 Å². The summed E-state index contributed by atoms with van der Waals surface area (Å²) >= 11 is 0. The van der Waals surface area contributed by atoms with Gasteiger partial charge in [-0.05, 0) is 119 Å². The summed E-state index contributed by atoms with van der Waals surface area (Å²) in [5.41, 5.74) is 17.9. The average Bonchev–Trinajstić information content (AvgIpc) is 3.55. The van der Waals surface area contributed by atoms with Crippen molar-refractivity contribution in [3.05, 3.63) is 221 Å². The number of para-hydroxylation sites is 3. The lowest BCUT2D eigenvalue weighted by molar-refractivity contribution is 0.713. The van der Waals surface area contributed by atoms with Crippen LogP contribution in [0.2, 0.25) is 0 Å². The molecule has 1 aliphatic rings. The zero-order chi connectivity index (χ0) is 38.5. The van der Waals surface area contributed by atoms with Crippen molar-refractivity contribution in [2.24, 2.45) is 4.99 Å². The molecule has 0 amide bonds. The molecule has 56 heavy (non-hydrogen) atoms. The van der Waals surface area contributed by atoms with E-state index in [0.29, 0.717) is 6.54 Å². The van der Waals surface area contributed by atoms with Crippen molar-refractivity contribution in [3.63, 3.8) is 0 Å². The van der Waals surface area contributed by atoms with Crippen LogP contribution in [0.5, 0.6) is 0 Å². The second-order valence-corrected chi connectivity index (χ2v) is 14.7. The highest BCUT2D eigenvalue weighted by molar-refractivity contribution is 5.90. The van der Waals surface area contributed by atoms with Gasteiger partial charge in [0.15, 0.2) is 0 Å². The minimum absolute atomic E-state index is 0.460. The zero-order valence-electron chi connectivity index (χ0n) is 32.6. The molecular weight excluding hydrogens is 677 g/mol. The number of aryl methyl sites for hydroxylation is 1. The number of aliphatic imine (C=N–C) groups is 1. The fourth-order valence-corrected chi connectivity index (χ4v) is 8.52. The molecule has 0 bridgehead atoms. The fraction of sp³-hybridized carbons (Fsp3) is 0.130. The quantitative estimate of drug-likeness (QED) is 0.0905. The van der Waals surface area contributed by atoms with Crippen molar-refractivity contribution in [1.29, 1.82) is 0 Å². The van der Waals surface area contributed by atoms with Crippen LogP contribution in [0, 0.1) is 6.92 Å². The number of fused-ring (bicyclic) bond motifs is 3. The predicted molar refractivity (Wildman–Crippen MR) is 240 cm³/mol. The van der Waals surface area contributed by atoms with E-state index in [1.807, 2.05) is 12.1 Å². The first kappa shape index (κ1) is 36.5. The highest BCUT2D eigenvalue weighted by Gasteiger charge is 2.47. The molecule has 0 fully saturated rings. The van der Waals surface area contributed by atoms with Gasteiger partial charge in [-0.3, -0.25) is 4.99 Å². The number of anilines is 2. The highest BCUT2D eigenvalue weighted by Crippen LogP contribution is 2.58. The van der Waals surface area contributed by atoms with Crippen molar-refractivity contribution >= 4 is 23.8 Å². The van der Waals surface area contributed by atoms with Gasteiger partial charge in [0.05, 0.1) is 16.8 Å². The second kappa shape index (κ2) is 16.1. The topological polar surface area (TPSA) is 15.6 Å². The van der Waals surface area contributed by atoms with Gasteiger partial charge in [0.25, 0.3) is 0 Å². The first-order valence-electron chi connectivity index (χ1n) is 19.8. The number of hydrogen-bond donors (Lipinski definition) is 0. The summed E-state index contributed by atoms with van der Waals surface area (Å²) < 4.78 is 0. The predicted octanol–water partition coefficient (Wildman–Crippen LogP) is 14.6. The SMILES string of the molecule is C=Nc1ccccc1N(Cc1ccc(-c2ccc3c(c2)C(/C(=C/C=C\CC)CC)(c2ccccc2)c2cc(-c4ccc(C)cc4)ccc2-3)cc1)c1ccccc1. The molecule has 1 atom stereocenters. The maximum Gasteiger partial charge on any atom is 0.0859 e. The third-order valence-electron chi connectivity index (χ3n) is 11.3. The molecule has 1 aliphatic carbocycles. The molecule has 0 heterocycles. The largest absolute Gasteiger partial charge is 0.335 e. The standard InChI is InChI=1S/C54H48N2/c1-5-7-10-17-45(6-2)54(46-18-11-8-12-19-46)50-36-43(41-28-24-39(3)25-29-41)32-34-48(50)49-35-33-44(37-51(49)54)42-30-26-40(27-31-42)38-56(47-20-13-9-14-21-47)53-23-16-15-22-52(53)55-4/h7-37H,4-6,38H2,1-3H3/b10-7-,45-17+. The van der Waals surface area contributed by atoms with Gasteiger partial charge in [-0.15, -0.1) is 0 Å². The third kappa shape index (κ3) is 6.73. The number of nitrogens with zero attached hydrogens (tertiary/aromatic N) is 2. The lowest BCUT2D eigenvalue weighted by Gasteiger charge is -2.36. The van der Waals surface area contributed by atoms with Gasteiger partial charge in [0, 0.05) is 12.2 Å². The van der Waals surface area contributed by atoms with Crippen molar-refractivity contribution in [3.8, 4) is 33.4 Å². The Kier molecular flexibility index (Phi) is 10.5. The molecule has 0 N–H and O–H groups in total. The zero-order valence-corrected chi connectivity index (χ0v) is 32.6. The normalized spacial score (nSPS) is 14.7. The molecule has 0 aliphatic heterocycles. The molecule has 7 aromatic rings. The number of hydrogen-bond acceptors (Lipinski definition) is 2. The Balaban J connectivity index is 1.25. The van der Waals surface area contributed by atoms with Crippen LogP contribution in [-0.2, 0) is 12.0 Å². The molecule has 0 spiro atoms. The molecule has 0 saturated carbocycles. The Bertz CT molecular complexity index is 2530. The Morgan fingerprint density at radius 3 is 1.77 bits per heavy atom. The lowest BCUT2D eigenvalue weighted by Crippen LogP contribution is -2.29. The minimum atomic E-state index is -0.460. The minimum Gasteiger partial charge on any atom is -0.335 e. The number of benzene rings is 7. The van der Waals surface area contributed by atoms with E-state index in [2.05, 4.69) is 213 Å². The van der Waals surface area contributed by atoms with Gasteiger partial charge >= 0.3 is 0 Å². The van der Waals surface area contributed by atoms with Crippen LogP contribution >= 0.6 is 0 Å². The van der Waals surface area contributed by atoms with Crippen LogP contribution in [0.25, 0.3) is 33.4 Å². The molecule has 2 heteroatoms. The summed E-state index contributed by atoms with van der Waals surface area (Å²) in [6.07, 6.45) is 8.82. The number of allylic oxidation sites excluding steroid dienone is 4. The molecule has 8 rings (SSSR count). The first-order chi connectivity index (χ1) is 27.5. The van der Waals surface area contributed by atoms with Crippen molar-refractivity contribution in [2.75, 3.05) is 4.90 Å². The maximum absolute atomic E-state index is 4.35. The molecule has 0 aromatic heterocycles. The fourth-order valence-electron chi connectivity index (χ4n) is 8.52. The van der Waals surface area contributed by atoms with E-state index < -0.39 is 5.41 Å². The van der Waals surface area contributed by atoms with E-state index in [1.165, 1.54) is 66.8 Å². The summed E-state index contributed by atoms with van der Waals surface area (Å²) in [6, 6.07) is 62.2. The summed E-state index contributed by atoms with van der Waals surface area (Å²) in [4.78, 5) is 6.67. The Morgan fingerprint density at radius 1 is 0.625 bits per heavy atom. The van der Waals surface area contributed by atoms with Crippen LogP contribution in [0.15, 0.2) is 199 Å². The van der Waals surface area contributed by atoms with Crippen LogP contribution < -0.4 is 4.90 Å². The van der Waals surface area contributed by atoms with Gasteiger partial charge in [-0.2, -0.15) is 0 Å². The molecule has 274 valence electrons. The van der Waals surface area contributed by atoms with Crippen molar-refractivity contribution in [2.45, 2.75) is 45.6 Å². The van der Waals surface area contributed by atoms with Crippen LogP contribution in [-0.4, -0.2) is 6.72 Å². The monoisotopic (exact) mass is 724 g/mol. The summed E-state index contributed by atoms with van der Waals surface area (Å²) in [5.74, 6) is 0. The third-order valence-corrected chi connectivity index (χ3v) is 11.3. The Labute approximate surface area is 332 Å². The molecule has 1 unspecified atom stereocenters. The Hall–Kier alpha value is -6.51. The van der Waals surface area contributed by atoms with Gasteiger partial charge in [0.2, 0.25) is 0 Å². The van der Waals surface area contributed by atoms with Gasteiger partial charge < -0.3 is 4.90 Å². The smallest absolute Gasteiger partial charge is 0.0859 e. The summed E-state index contributed by atoms with van der Waals surface area (Å²) in [7, 11) is 0. The van der Waals surface area contributed by atoms with Crippen LogP contribution in [0.3, 0.4) is 0 Å². The maximum atomic E-state index is 4.35. The first-order valence-corrected chi connectivity index (χ1v) is 19.8. The van der Waals surface area contributed by atoms with Gasteiger partial charge in [-0.1, -0.05) is 177 Å². The van der Waals surface area contributed by atoms with Crippen LogP contribution in [0.1, 0.15) is 54.5 Å². The number of rotatable bonds is 12. The van der Waals surface area contributed by atoms with E-state index in [9.17, 15) is 0 Å². The highest BCUT2D eigenvalue weighted by atomic mass is 15.1. The Morgan fingerprint density at radius 2 is 1.18 bits per heavy atom. The summed E-state index contributed by atoms with van der Waals surface area (Å²) in [6.45, 7) is 11.2.